The minimum Gasteiger partial charge on any atom is -0.497 e. The molecule has 1 saturated heterocycles. The zero-order chi connectivity index (χ0) is 19.3. The summed E-state index contributed by atoms with van der Waals surface area (Å²) in [5.74, 6) is 1.66. The van der Waals surface area contributed by atoms with E-state index in [2.05, 4.69) is 16.0 Å². The van der Waals surface area contributed by atoms with Crippen LogP contribution >= 0.6 is 11.3 Å². The fourth-order valence-corrected chi connectivity index (χ4v) is 4.38. The molecule has 0 amide bonds. The molecular weight excluding hydrogens is 372 g/mol. The molecule has 1 atom stereocenters. The van der Waals surface area contributed by atoms with E-state index in [1.807, 2.05) is 42.5 Å². The summed E-state index contributed by atoms with van der Waals surface area (Å²) in [6.07, 6.45) is 2.40. The highest BCUT2D eigenvalue weighted by Gasteiger charge is 2.20. The van der Waals surface area contributed by atoms with Gasteiger partial charge in [0.1, 0.15) is 11.5 Å². The van der Waals surface area contributed by atoms with Crippen molar-refractivity contribution in [3.63, 3.8) is 0 Å². The van der Waals surface area contributed by atoms with E-state index < -0.39 is 0 Å². The molecule has 0 saturated carbocycles. The third kappa shape index (κ3) is 3.98. The van der Waals surface area contributed by atoms with Crippen molar-refractivity contribution in [1.29, 1.82) is 0 Å². The molecule has 0 spiro atoms. The van der Waals surface area contributed by atoms with E-state index in [1.165, 1.54) is 0 Å². The number of nitrogens with zero attached hydrogens (tertiary/aromatic N) is 2. The highest BCUT2D eigenvalue weighted by Crippen LogP contribution is 2.31. The Morgan fingerprint density at radius 3 is 2.82 bits per heavy atom. The van der Waals surface area contributed by atoms with Crippen molar-refractivity contribution >= 4 is 17.0 Å². The molecular formula is C22H24N2O3S. The topological polar surface area (TPSA) is 45.0 Å². The molecule has 1 aromatic heterocycles. The van der Waals surface area contributed by atoms with E-state index in [0.29, 0.717) is 0 Å². The molecule has 1 unspecified atom stereocenters. The molecule has 146 valence electrons. The fraction of sp³-hybridized carbons (Fsp3) is 0.318. The van der Waals surface area contributed by atoms with Crippen LogP contribution in [0.5, 0.6) is 11.5 Å². The fourth-order valence-electron chi connectivity index (χ4n) is 3.45. The van der Waals surface area contributed by atoms with Crippen LogP contribution in [0.25, 0.3) is 11.3 Å². The number of ether oxygens (including phenoxy) is 3. The number of rotatable bonds is 6. The Bertz CT molecular complexity index is 1000. The molecule has 28 heavy (non-hydrogen) atoms. The minimum atomic E-state index is 0.215. The Balaban J connectivity index is 1.82. The van der Waals surface area contributed by atoms with Crippen LogP contribution in [-0.4, -0.2) is 31.5 Å². The second-order valence-corrected chi connectivity index (χ2v) is 7.50. The maximum absolute atomic E-state index is 5.91. The molecule has 5 nitrogen and oxygen atoms in total. The van der Waals surface area contributed by atoms with Gasteiger partial charge in [-0.3, -0.25) is 0 Å². The summed E-state index contributed by atoms with van der Waals surface area (Å²) >= 11 is 1.63. The van der Waals surface area contributed by atoms with Gasteiger partial charge < -0.3 is 18.8 Å². The second kappa shape index (κ2) is 8.63. The Hall–Kier alpha value is -2.57. The number of para-hydroxylation sites is 1. The third-order valence-electron chi connectivity index (χ3n) is 4.87. The van der Waals surface area contributed by atoms with Gasteiger partial charge in [-0.05, 0) is 37.1 Å². The predicted molar refractivity (Wildman–Crippen MR) is 111 cm³/mol. The first-order valence-electron chi connectivity index (χ1n) is 9.40. The van der Waals surface area contributed by atoms with E-state index in [0.717, 1.165) is 59.2 Å². The first kappa shape index (κ1) is 18.8. The summed E-state index contributed by atoms with van der Waals surface area (Å²) in [6.45, 7) is 1.61. The average Bonchev–Trinajstić information content (AvgIpc) is 3.39. The lowest BCUT2D eigenvalue weighted by molar-refractivity contribution is 0.0968. The van der Waals surface area contributed by atoms with Gasteiger partial charge in [0.2, 0.25) is 0 Å². The maximum atomic E-state index is 5.91. The molecule has 4 rings (SSSR count). The lowest BCUT2D eigenvalue weighted by Gasteiger charge is -2.15. The van der Waals surface area contributed by atoms with Crippen LogP contribution in [0.2, 0.25) is 0 Å². The van der Waals surface area contributed by atoms with Gasteiger partial charge in [0.15, 0.2) is 4.80 Å². The Labute approximate surface area is 168 Å². The number of hydrogen-bond acceptors (Lipinski definition) is 5. The van der Waals surface area contributed by atoms with Crippen molar-refractivity contribution in [1.82, 2.24) is 4.57 Å². The van der Waals surface area contributed by atoms with E-state index in [-0.39, 0.29) is 6.10 Å². The van der Waals surface area contributed by atoms with Crippen LogP contribution in [0.1, 0.15) is 12.8 Å². The van der Waals surface area contributed by atoms with Gasteiger partial charge in [0, 0.05) is 23.6 Å². The normalized spacial score (nSPS) is 17.1. The zero-order valence-electron chi connectivity index (χ0n) is 16.1. The molecule has 6 heteroatoms. The van der Waals surface area contributed by atoms with Gasteiger partial charge in [0.25, 0.3) is 0 Å². The number of methoxy groups -OCH3 is 2. The van der Waals surface area contributed by atoms with Crippen LogP contribution in [0.15, 0.2) is 58.9 Å². The SMILES string of the molecule is COc1cccc(N=c2scc(-c3ccccc3OC)n2CC2CCCO2)c1. The first-order valence-corrected chi connectivity index (χ1v) is 10.3. The van der Waals surface area contributed by atoms with Crippen LogP contribution in [0.3, 0.4) is 0 Å². The Morgan fingerprint density at radius 1 is 1.14 bits per heavy atom. The molecule has 0 aliphatic carbocycles. The summed E-state index contributed by atoms with van der Waals surface area (Å²) in [7, 11) is 3.37. The lowest BCUT2D eigenvalue weighted by Crippen LogP contribution is -2.24. The monoisotopic (exact) mass is 396 g/mol. The van der Waals surface area contributed by atoms with E-state index in [1.54, 1.807) is 25.6 Å². The van der Waals surface area contributed by atoms with Crippen molar-refractivity contribution in [2.75, 3.05) is 20.8 Å². The summed E-state index contributed by atoms with van der Waals surface area (Å²) in [6, 6.07) is 15.9. The molecule has 2 aromatic carbocycles. The Kier molecular flexibility index (Phi) is 5.78. The summed E-state index contributed by atoms with van der Waals surface area (Å²) in [5, 5.41) is 2.14. The number of benzene rings is 2. The zero-order valence-corrected chi connectivity index (χ0v) is 16.9. The minimum absolute atomic E-state index is 0.215. The van der Waals surface area contributed by atoms with Crippen LogP contribution in [0, 0.1) is 0 Å². The van der Waals surface area contributed by atoms with Crippen molar-refractivity contribution < 1.29 is 14.2 Å². The summed E-state index contributed by atoms with van der Waals surface area (Å²) < 4.78 is 19.1. The molecule has 0 radical (unpaired) electrons. The summed E-state index contributed by atoms with van der Waals surface area (Å²) in [4.78, 5) is 5.83. The average molecular weight is 397 g/mol. The van der Waals surface area contributed by atoms with E-state index in [9.17, 15) is 0 Å². The van der Waals surface area contributed by atoms with Crippen LogP contribution in [-0.2, 0) is 11.3 Å². The van der Waals surface area contributed by atoms with E-state index in [4.69, 9.17) is 19.2 Å². The lowest BCUT2D eigenvalue weighted by atomic mass is 10.1. The molecule has 0 bridgehead atoms. The van der Waals surface area contributed by atoms with Gasteiger partial charge in [0.05, 0.1) is 38.2 Å². The third-order valence-corrected chi connectivity index (χ3v) is 5.73. The van der Waals surface area contributed by atoms with Crippen molar-refractivity contribution in [3.8, 4) is 22.8 Å². The standard InChI is InChI=1S/C22H24N2O3S/c1-25-17-8-5-7-16(13-17)23-22-24(14-18-9-6-12-27-18)20(15-28-22)19-10-3-4-11-21(19)26-2/h3-5,7-8,10-11,13,15,18H,6,9,12,14H2,1-2H3. The number of hydrogen-bond donors (Lipinski definition) is 0. The number of thiazole rings is 1. The largest absolute Gasteiger partial charge is 0.497 e. The van der Waals surface area contributed by atoms with Crippen molar-refractivity contribution in [2.45, 2.75) is 25.5 Å². The van der Waals surface area contributed by atoms with Crippen molar-refractivity contribution in [2.24, 2.45) is 4.99 Å². The van der Waals surface area contributed by atoms with E-state index >= 15 is 0 Å². The Morgan fingerprint density at radius 2 is 2.04 bits per heavy atom. The summed E-state index contributed by atoms with van der Waals surface area (Å²) in [5.41, 5.74) is 3.03. The van der Waals surface area contributed by atoms with Crippen LogP contribution < -0.4 is 14.3 Å². The molecule has 1 aliphatic rings. The predicted octanol–water partition coefficient (Wildman–Crippen LogP) is 4.65. The molecule has 2 heterocycles. The highest BCUT2D eigenvalue weighted by atomic mass is 32.1. The first-order chi connectivity index (χ1) is 13.8. The maximum Gasteiger partial charge on any atom is 0.190 e. The molecule has 0 N–H and O–H groups in total. The van der Waals surface area contributed by atoms with Crippen molar-refractivity contribution in [3.05, 3.63) is 58.7 Å². The molecule has 1 aliphatic heterocycles. The highest BCUT2D eigenvalue weighted by molar-refractivity contribution is 7.07. The molecule has 1 fully saturated rings. The van der Waals surface area contributed by atoms with Gasteiger partial charge in [-0.2, -0.15) is 0 Å². The van der Waals surface area contributed by atoms with Gasteiger partial charge in [-0.25, -0.2) is 4.99 Å². The quantitative estimate of drug-likeness (QED) is 0.609. The van der Waals surface area contributed by atoms with Gasteiger partial charge in [-0.1, -0.05) is 18.2 Å². The smallest absolute Gasteiger partial charge is 0.190 e. The van der Waals surface area contributed by atoms with Crippen LogP contribution in [0.4, 0.5) is 5.69 Å². The van der Waals surface area contributed by atoms with Gasteiger partial charge >= 0.3 is 0 Å². The van der Waals surface area contributed by atoms with Gasteiger partial charge in [-0.15, -0.1) is 11.3 Å². The number of aromatic nitrogens is 1. The second-order valence-electron chi connectivity index (χ2n) is 6.66. The molecule has 3 aromatic rings.